The molecule has 3 fully saturated rings. The van der Waals surface area contributed by atoms with Gasteiger partial charge in [0.15, 0.2) is 49.8 Å². The van der Waals surface area contributed by atoms with E-state index in [2.05, 4.69) is 30.1 Å². The van der Waals surface area contributed by atoms with Crippen LogP contribution in [0.15, 0.2) is 15.3 Å². The van der Waals surface area contributed by atoms with Gasteiger partial charge < -0.3 is 99.5 Å². The highest BCUT2D eigenvalue weighted by atomic mass is 32.3. The second-order valence-electron chi connectivity index (χ2n) is 27.8. The summed E-state index contributed by atoms with van der Waals surface area (Å²) in [5, 5.41) is 11.9. The molecule has 0 aromatic heterocycles. The molecule has 0 aliphatic carbocycles. The summed E-state index contributed by atoms with van der Waals surface area (Å²) < 4.78 is 250. The quantitative estimate of drug-likeness (QED) is 0.00752. The van der Waals surface area contributed by atoms with Gasteiger partial charge in [0.05, 0.1) is 88.9 Å². The summed E-state index contributed by atoms with van der Waals surface area (Å²) in [6.07, 6.45) is -29.3. The van der Waals surface area contributed by atoms with E-state index in [1.807, 2.05) is 48.5 Å². The minimum absolute atomic E-state index is 0.0123. The molecule has 0 radical (unpaired) electrons. The molecule has 0 bridgehead atoms. The molecule has 3 saturated heterocycles. The highest BCUT2D eigenvalue weighted by Gasteiger charge is 2.55. The maximum atomic E-state index is 14.8. The molecule has 45 nitrogen and oxygen atoms in total. The van der Waals surface area contributed by atoms with Crippen LogP contribution in [0.25, 0.3) is 31.3 Å². The summed E-state index contributed by atoms with van der Waals surface area (Å²) in [6, 6.07) is -4.50. The predicted octanol–water partition coefficient (Wildman–Crippen LogP) is 8.33. The zero-order valence-electron chi connectivity index (χ0n) is 70.3. The van der Waals surface area contributed by atoms with Crippen molar-refractivity contribution >= 4 is 49.1 Å². The van der Waals surface area contributed by atoms with Crippen LogP contribution in [-0.2, 0) is 158 Å². The molecule has 686 valence electrons. The Morgan fingerprint density at radius 1 is 0.407 bits per heavy atom. The summed E-state index contributed by atoms with van der Waals surface area (Å²) >= 11 is 0. The van der Waals surface area contributed by atoms with Crippen LogP contribution in [0.5, 0.6) is 0 Å². The van der Waals surface area contributed by atoms with E-state index in [0.29, 0.717) is 83.5 Å². The maximum absolute atomic E-state index is 14.8. The van der Waals surface area contributed by atoms with Gasteiger partial charge >= 0.3 is 49.1 Å². The Hall–Kier alpha value is -4.77. The predicted molar refractivity (Wildman–Crippen MR) is 411 cm³/mol. The minimum atomic E-state index is -5.47. The maximum Gasteiger partial charge on any atom is 0.397 e. The molecule has 0 spiro atoms. The molecule has 0 aromatic rings. The molecule has 3 rings (SSSR count). The van der Waals surface area contributed by atoms with E-state index in [9.17, 15) is 69.9 Å². The van der Waals surface area contributed by atoms with Crippen LogP contribution < -0.4 is 0 Å². The normalized spacial score (nSPS) is 26.3. The molecule has 48 heteroatoms. The number of carbonyl (C=O) groups is 3. The van der Waals surface area contributed by atoms with Gasteiger partial charge in [-0.25, -0.2) is 26.9 Å². The number of azide groups is 3. The van der Waals surface area contributed by atoms with Crippen LogP contribution in [0, 0.1) is 0 Å². The van der Waals surface area contributed by atoms with Crippen molar-refractivity contribution in [3.8, 4) is 0 Å². The van der Waals surface area contributed by atoms with Gasteiger partial charge in [-0.1, -0.05) is 109 Å². The minimum Gasteiger partial charge on any atom is -0.467 e. The SMILES string of the molecule is CCCCOC1[C@@H](OC(COS(=O)(=O)O)OC(C(=O)OC)[C@H](O[C@@H]2OC(C)[C@H](OC(COS(=O)(=O)O)OC(C(=O)OC)[C@H](O[C@H]3OC(C)[C@H](OC(COS(=O)(=O)O)OC(C(=O)OC)[C@@H](OCCCC)[C@H](C)OCCCC)C(OCCCC)[C@@H]3N=[N+]=[N-])[C@H](C)OCCCC)C(OCCCC)[C@@H]2N=[N+]=[N-])[C@H](C)OCCCC)C(C)OC[C@H]1N=[N+]=[N-]. The fourth-order valence-electron chi connectivity index (χ4n) is 12.3. The van der Waals surface area contributed by atoms with E-state index >= 15 is 0 Å². The lowest BCUT2D eigenvalue weighted by Gasteiger charge is -2.47. The van der Waals surface area contributed by atoms with Gasteiger partial charge in [0, 0.05) is 61.0 Å². The van der Waals surface area contributed by atoms with Crippen LogP contribution in [0.4, 0.5) is 0 Å². The number of nitrogens with zero attached hydrogens (tertiary/aromatic N) is 9. The average Bonchev–Trinajstić information content (AvgIpc) is 0.780. The highest BCUT2D eigenvalue weighted by molar-refractivity contribution is 7.81. The Morgan fingerprint density at radius 3 is 1.00 bits per heavy atom. The molecule has 3 N–H and O–H groups in total. The largest absolute Gasteiger partial charge is 0.467 e. The zero-order valence-corrected chi connectivity index (χ0v) is 72.7. The molecule has 3 aliphatic rings. The van der Waals surface area contributed by atoms with Crippen molar-refractivity contribution < 1.29 is 165 Å². The number of hydrogen-bond donors (Lipinski definition) is 3. The summed E-state index contributed by atoms with van der Waals surface area (Å²) in [4.78, 5) is 52.2. The third-order valence-corrected chi connectivity index (χ3v) is 20.0. The molecule has 0 saturated carbocycles. The van der Waals surface area contributed by atoms with E-state index in [-0.39, 0.29) is 52.9 Å². The molecular weight excluding hydrogens is 1640 g/mol. The number of methoxy groups -OCH3 is 3. The van der Waals surface area contributed by atoms with Crippen molar-refractivity contribution in [2.75, 3.05) is 94.0 Å². The Bertz CT molecular complexity index is 3360. The Kier molecular flexibility index (Phi) is 52.5. The van der Waals surface area contributed by atoms with Gasteiger partial charge in [-0.2, -0.15) is 25.3 Å². The number of carbonyl (C=O) groups excluding carboxylic acids is 3. The lowest BCUT2D eigenvalue weighted by atomic mass is 9.97. The monoisotopic (exact) mass is 1770 g/mol. The first-order chi connectivity index (χ1) is 56.1. The van der Waals surface area contributed by atoms with E-state index in [1.54, 1.807) is 13.8 Å². The first-order valence-electron chi connectivity index (χ1n) is 39.8. The van der Waals surface area contributed by atoms with E-state index in [0.717, 1.165) is 27.8 Å². The first-order valence-corrected chi connectivity index (χ1v) is 43.9. The van der Waals surface area contributed by atoms with Gasteiger partial charge in [-0.15, -0.1) is 0 Å². The summed E-state index contributed by atoms with van der Waals surface area (Å²) in [6.45, 7) is 18.5. The Morgan fingerprint density at radius 2 is 0.695 bits per heavy atom. The van der Waals surface area contributed by atoms with Gasteiger partial charge in [0.1, 0.15) is 68.5 Å². The first kappa shape index (κ1) is 107. The van der Waals surface area contributed by atoms with Crippen LogP contribution in [0.3, 0.4) is 0 Å². The van der Waals surface area contributed by atoms with Crippen molar-refractivity contribution in [1.82, 2.24) is 0 Å². The second kappa shape index (κ2) is 57.6. The third kappa shape index (κ3) is 38.1. The average molecular weight is 1770 g/mol. The third-order valence-electron chi connectivity index (χ3n) is 18.7. The number of unbranched alkanes of at least 4 members (excludes halogenated alkanes) is 7. The van der Waals surface area contributed by atoms with Crippen LogP contribution >= 0.6 is 0 Å². The molecule has 26 atom stereocenters. The molecule has 3 aliphatic heterocycles. The lowest BCUT2D eigenvalue weighted by molar-refractivity contribution is -0.339. The Labute approximate surface area is 691 Å². The molecular formula is C70H127N9O36S3. The summed E-state index contributed by atoms with van der Waals surface area (Å²) in [5.74, 6) is -3.54. The van der Waals surface area contributed by atoms with Crippen molar-refractivity contribution in [2.45, 2.75) is 339 Å². The van der Waals surface area contributed by atoms with Crippen LogP contribution in [0.2, 0.25) is 0 Å². The van der Waals surface area contributed by atoms with Gasteiger partial charge in [0.2, 0.25) is 0 Å². The van der Waals surface area contributed by atoms with Crippen LogP contribution in [-0.4, -0.2) is 310 Å². The standard InChI is InChI=1S/C70H127N9O36S3/c1-17-24-31-95-42(8)54(98-34-27-20-4)63(66(80)92-14)111-50(40-104-117(86,87)88)109-58-46(12)106-69(52(75-78-72)61(58)100-36-29-22-6)115-57(44(10)97-33-26-19-3)65(68(82)94-16)113-51(41-105-118(89,90)91)110-59-47(13)107-70(53(76-79-73)62(59)101-37-30-23-7)114-56(43(9)96-32-25-18-2)64(67(81)93-15)112-49(39-103-116(83,84)85)108-55-45(11)102-38-48(74-77-71)60(55)99-35-28-21-5/h42-65,69-70H,17-41H2,1-16H3,(H,83,84,85)(H,86,87,88)(H,89,90,91)/t42-,43-,44-,45?,46?,47?,48+,49?,50?,51?,52-,53-,54-,55-,56+,57+,58-,59-,60?,61?,62?,63?,64?,65?,69+,70-/m0/s1. The van der Waals surface area contributed by atoms with Crippen LogP contribution in [0.1, 0.15) is 180 Å². The van der Waals surface area contributed by atoms with Gasteiger partial charge in [-0.3, -0.25) is 13.7 Å². The number of ether oxygens (including phenoxy) is 21. The fraction of sp³-hybridized carbons (Fsp3) is 0.957. The van der Waals surface area contributed by atoms with Crippen molar-refractivity contribution in [3.05, 3.63) is 31.3 Å². The number of hydrogen-bond acceptors (Lipinski definition) is 36. The number of esters is 3. The van der Waals surface area contributed by atoms with Crippen molar-refractivity contribution in [1.29, 1.82) is 0 Å². The highest BCUT2D eigenvalue weighted by Crippen LogP contribution is 2.37. The van der Waals surface area contributed by atoms with E-state index < -0.39 is 228 Å². The van der Waals surface area contributed by atoms with E-state index in [1.165, 1.54) is 27.7 Å². The van der Waals surface area contributed by atoms with E-state index in [4.69, 9.17) is 112 Å². The molecule has 0 amide bonds. The Balaban J connectivity index is 2.37. The molecule has 0 aromatic carbocycles. The van der Waals surface area contributed by atoms with Gasteiger partial charge in [0.25, 0.3) is 0 Å². The van der Waals surface area contributed by atoms with Gasteiger partial charge in [-0.05, 0) is 103 Å². The smallest absolute Gasteiger partial charge is 0.397 e. The van der Waals surface area contributed by atoms with Crippen molar-refractivity contribution in [2.24, 2.45) is 15.3 Å². The summed E-state index contributed by atoms with van der Waals surface area (Å²) in [7, 11) is -13.1. The zero-order chi connectivity index (χ0) is 88.1. The number of rotatable bonds is 65. The molecule has 12 unspecified atom stereocenters. The molecule has 3 heterocycles. The summed E-state index contributed by atoms with van der Waals surface area (Å²) in [5.41, 5.74) is 30.5. The van der Waals surface area contributed by atoms with Crippen molar-refractivity contribution in [3.63, 3.8) is 0 Å². The second-order valence-corrected chi connectivity index (χ2v) is 31.1. The molecule has 118 heavy (non-hydrogen) atoms. The lowest BCUT2D eigenvalue weighted by Crippen LogP contribution is -2.63. The fourth-order valence-corrected chi connectivity index (χ4v) is 13.2. The topological polar surface area (TPSA) is 582 Å².